The van der Waals surface area contributed by atoms with Crippen molar-refractivity contribution in [2.24, 2.45) is 5.73 Å². The number of thiophene rings is 1. The number of carbonyl (C=O) groups excluding carboxylic acids is 3. The summed E-state index contributed by atoms with van der Waals surface area (Å²) in [5, 5.41) is 6.47. The van der Waals surface area contributed by atoms with Crippen molar-refractivity contribution in [3.05, 3.63) is 50.9 Å². The Morgan fingerprint density at radius 2 is 2.00 bits per heavy atom. The van der Waals surface area contributed by atoms with Gasteiger partial charge in [0.2, 0.25) is 5.91 Å². The molecule has 1 aromatic heterocycles. The Balaban J connectivity index is 2.05. The van der Waals surface area contributed by atoms with E-state index in [1.54, 1.807) is 19.1 Å². The van der Waals surface area contributed by atoms with Crippen LogP contribution >= 0.6 is 22.9 Å². The molecule has 2 amide bonds. The monoisotopic (exact) mass is 439 g/mol. The van der Waals surface area contributed by atoms with Gasteiger partial charge in [-0.1, -0.05) is 23.7 Å². The number of methoxy groups -OCH3 is 1. The molecule has 156 valence electrons. The average molecular weight is 440 g/mol. The number of esters is 1. The molecule has 0 aliphatic heterocycles. The summed E-state index contributed by atoms with van der Waals surface area (Å²) in [5.41, 5.74) is 6.78. The zero-order valence-corrected chi connectivity index (χ0v) is 17.6. The minimum Gasteiger partial charge on any atom is -0.460 e. The third kappa shape index (κ3) is 6.53. The molecule has 1 aromatic carbocycles. The van der Waals surface area contributed by atoms with E-state index in [0.29, 0.717) is 17.1 Å². The fourth-order valence-electron chi connectivity index (χ4n) is 2.51. The number of nitrogens with one attached hydrogen (secondary N) is 2. The zero-order chi connectivity index (χ0) is 21.4. The van der Waals surface area contributed by atoms with Gasteiger partial charge in [0.25, 0.3) is 5.91 Å². The molecule has 8 nitrogen and oxygen atoms in total. The van der Waals surface area contributed by atoms with Gasteiger partial charge in [-0.2, -0.15) is 0 Å². The number of hydrogen-bond donors (Lipinski definition) is 3. The van der Waals surface area contributed by atoms with Crippen molar-refractivity contribution in [1.82, 2.24) is 5.32 Å². The normalized spacial score (nSPS) is 10.6. The molecule has 0 spiro atoms. The van der Waals surface area contributed by atoms with E-state index in [1.807, 2.05) is 12.1 Å². The number of anilines is 1. The third-order valence-electron chi connectivity index (χ3n) is 3.85. The fourth-order valence-corrected chi connectivity index (χ4v) is 3.79. The van der Waals surface area contributed by atoms with Crippen molar-refractivity contribution >= 4 is 45.7 Å². The lowest BCUT2D eigenvalue weighted by atomic mass is 10.1. The van der Waals surface area contributed by atoms with Crippen molar-refractivity contribution in [3.8, 4) is 0 Å². The van der Waals surface area contributed by atoms with Crippen molar-refractivity contribution in [2.75, 3.05) is 32.2 Å². The van der Waals surface area contributed by atoms with Gasteiger partial charge >= 0.3 is 5.97 Å². The van der Waals surface area contributed by atoms with Gasteiger partial charge in [-0.15, -0.1) is 11.3 Å². The first-order chi connectivity index (χ1) is 13.8. The molecule has 0 unspecified atom stereocenters. The first-order valence-electron chi connectivity index (χ1n) is 8.67. The first-order valence-corrected chi connectivity index (χ1v) is 9.87. The number of ether oxygens (including phenoxy) is 2. The second-order valence-electron chi connectivity index (χ2n) is 6.03. The number of nitrogens with two attached hydrogens (primary N) is 1. The lowest BCUT2D eigenvalue weighted by Crippen LogP contribution is -2.28. The summed E-state index contributed by atoms with van der Waals surface area (Å²) in [7, 11) is 1.48. The summed E-state index contributed by atoms with van der Waals surface area (Å²) in [5.74, 6) is -1.72. The standard InChI is InChI=1S/C19H22ClN3O5S/c1-11-15(19(26)28-7-6-27-2)18(29-16(11)17(21)25)23-14(24)10-22-9-12-4-3-5-13(20)8-12/h3-5,8,22H,6-7,9-10H2,1-2H3,(H2,21,25)(H,23,24). The highest BCUT2D eigenvalue weighted by atomic mass is 35.5. The third-order valence-corrected chi connectivity index (χ3v) is 5.31. The number of benzene rings is 1. The molecule has 10 heteroatoms. The number of rotatable bonds is 10. The highest BCUT2D eigenvalue weighted by Crippen LogP contribution is 2.33. The van der Waals surface area contributed by atoms with Crippen molar-refractivity contribution in [3.63, 3.8) is 0 Å². The van der Waals surface area contributed by atoms with Crippen LogP contribution in [-0.4, -0.2) is 44.7 Å². The molecule has 0 saturated carbocycles. The predicted molar refractivity (Wildman–Crippen MR) is 112 cm³/mol. The second kappa shape index (κ2) is 10.9. The highest BCUT2D eigenvalue weighted by Gasteiger charge is 2.25. The maximum absolute atomic E-state index is 12.4. The van der Waals surface area contributed by atoms with Crippen LogP contribution in [0.4, 0.5) is 5.00 Å². The van der Waals surface area contributed by atoms with E-state index < -0.39 is 11.9 Å². The quantitative estimate of drug-likeness (QED) is 0.386. The number of primary amides is 1. The van der Waals surface area contributed by atoms with E-state index in [-0.39, 0.29) is 41.1 Å². The Morgan fingerprint density at radius 3 is 2.66 bits per heavy atom. The Morgan fingerprint density at radius 1 is 1.24 bits per heavy atom. The largest absolute Gasteiger partial charge is 0.460 e. The van der Waals surface area contributed by atoms with Crippen molar-refractivity contribution in [2.45, 2.75) is 13.5 Å². The summed E-state index contributed by atoms with van der Waals surface area (Å²) >= 11 is 6.87. The van der Waals surface area contributed by atoms with Gasteiger partial charge in [0.15, 0.2) is 0 Å². The fraction of sp³-hybridized carbons (Fsp3) is 0.316. The molecule has 0 saturated heterocycles. The van der Waals surface area contributed by atoms with Crippen LogP contribution in [0.1, 0.15) is 31.2 Å². The Hall–Kier alpha value is -2.46. The molecule has 0 atom stereocenters. The number of amides is 2. The summed E-state index contributed by atoms with van der Waals surface area (Å²) in [4.78, 5) is 36.5. The Labute approximate surface area is 177 Å². The smallest absolute Gasteiger partial charge is 0.341 e. The van der Waals surface area contributed by atoms with E-state index in [1.165, 1.54) is 7.11 Å². The molecule has 0 fully saturated rings. The van der Waals surface area contributed by atoms with Crippen molar-refractivity contribution in [1.29, 1.82) is 0 Å². The van der Waals surface area contributed by atoms with Crippen LogP contribution < -0.4 is 16.4 Å². The lowest BCUT2D eigenvalue weighted by Gasteiger charge is -2.09. The molecule has 2 aromatic rings. The van der Waals surface area contributed by atoms with Gasteiger partial charge in [-0.05, 0) is 30.2 Å². The van der Waals surface area contributed by atoms with E-state index in [4.69, 9.17) is 26.8 Å². The number of hydrogen-bond acceptors (Lipinski definition) is 7. The number of carbonyl (C=O) groups is 3. The van der Waals surface area contributed by atoms with E-state index >= 15 is 0 Å². The predicted octanol–water partition coefficient (Wildman–Crippen LogP) is 2.34. The van der Waals surface area contributed by atoms with Gasteiger partial charge in [-0.3, -0.25) is 9.59 Å². The van der Waals surface area contributed by atoms with Crippen LogP contribution in [0.5, 0.6) is 0 Å². The molecular formula is C19H22ClN3O5S. The average Bonchev–Trinajstić information content (AvgIpc) is 2.98. The van der Waals surface area contributed by atoms with Gasteiger partial charge < -0.3 is 25.8 Å². The van der Waals surface area contributed by atoms with E-state index in [0.717, 1.165) is 16.9 Å². The Kier molecular flexibility index (Phi) is 8.59. The summed E-state index contributed by atoms with van der Waals surface area (Å²) in [6.45, 7) is 2.29. The molecular weight excluding hydrogens is 418 g/mol. The summed E-state index contributed by atoms with van der Waals surface area (Å²) in [6, 6.07) is 7.26. The number of halogens is 1. The van der Waals surface area contributed by atoms with Crippen LogP contribution in [0.3, 0.4) is 0 Å². The molecule has 0 bridgehead atoms. The van der Waals surface area contributed by atoms with Crippen LogP contribution in [0, 0.1) is 6.92 Å². The highest BCUT2D eigenvalue weighted by molar-refractivity contribution is 7.18. The van der Waals surface area contributed by atoms with Crippen LogP contribution in [0.25, 0.3) is 0 Å². The SMILES string of the molecule is COCCOC(=O)c1c(NC(=O)CNCc2cccc(Cl)c2)sc(C(N)=O)c1C. The van der Waals surface area contributed by atoms with Crippen LogP contribution in [0.15, 0.2) is 24.3 Å². The minimum atomic E-state index is -0.682. The van der Waals surface area contributed by atoms with Gasteiger partial charge in [0.05, 0.1) is 23.6 Å². The van der Waals surface area contributed by atoms with Crippen LogP contribution in [0.2, 0.25) is 5.02 Å². The molecule has 0 aliphatic rings. The lowest BCUT2D eigenvalue weighted by molar-refractivity contribution is -0.115. The van der Waals surface area contributed by atoms with E-state index in [2.05, 4.69) is 10.6 Å². The molecule has 0 radical (unpaired) electrons. The zero-order valence-electron chi connectivity index (χ0n) is 16.0. The summed E-state index contributed by atoms with van der Waals surface area (Å²) < 4.78 is 9.98. The van der Waals surface area contributed by atoms with Crippen molar-refractivity contribution < 1.29 is 23.9 Å². The van der Waals surface area contributed by atoms with E-state index in [9.17, 15) is 14.4 Å². The molecule has 0 aliphatic carbocycles. The molecule has 1 heterocycles. The first kappa shape index (κ1) is 22.8. The maximum Gasteiger partial charge on any atom is 0.341 e. The maximum atomic E-state index is 12.4. The summed E-state index contributed by atoms with van der Waals surface area (Å²) in [6.07, 6.45) is 0. The second-order valence-corrected chi connectivity index (χ2v) is 7.49. The molecule has 2 rings (SSSR count). The van der Waals surface area contributed by atoms with Gasteiger partial charge in [-0.25, -0.2) is 4.79 Å². The molecule has 4 N–H and O–H groups in total. The minimum absolute atomic E-state index is 0.00642. The Bertz CT molecular complexity index is 900. The topological polar surface area (TPSA) is 120 Å². The van der Waals surface area contributed by atoms with Gasteiger partial charge in [0, 0.05) is 18.7 Å². The molecule has 29 heavy (non-hydrogen) atoms. The van der Waals surface area contributed by atoms with Crippen LogP contribution in [-0.2, 0) is 20.8 Å². The van der Waals surface area contributed by atoms with Gasteiger partial charge in [0.1, 0.15) is 11.6 Å².